The normalized spacial score (nSPS) is 11.1. The lowest BCUT2D eigenvalue weighted by molar-refractivity contribution is 0.409. The second-order valence-corrected chi connectivity index (χ2v) is 4.54. The van der Waals surface area contributed by atoms with Crippen molar-refractivity contribution in [3.8, 4) is 5.75 Å². The third-order valence-corrected chi connectivity index (χ3v) is 2.66. The van der Waals surface area contributed by atoms with E-state index in [2.05, 4.69) is 33.8 Å². The lowest BCUT2D eigenvalue weighted by Crippen LogP contribution is -2.02. The molecular formula is C13H21NO. The molecule has 0 aliphatic carbocycles. The van der Waals surface area contributed by atoms with Crippen LogP contribution in [0, 0.1) is 0 Å². The molecule has 0 saturated carbocycles. The fraction of sp³-hybridized carbons (Fsp3) is 0.538. The second kappa shape index (κ2) is 4.56. The average molecular weight is 207 g/mol. The van der Waals surface area contributed by atoms with Crippen LogP contribution in [0.3, 0.4) is 0 Å². The first kappa shape index (κ1) is 11.9. The molecule has 2 nitrogen and oxygen atoms in total. The van der Waals surface area contributed by atoms with Crippen molar-refractivity contribution >= 4 is 5.69 Å². The molecule has 0 heterocycles. The van der Waals surface area contributed by atoms with Crippen molar-refractivity contribution in [3.63, 3.8) is 0 Å². The Labute approximate surface area is 92.4 Å². The molecule has 0 fully saturated rings. The largest absolute Gasteiger partial charge is 0.494 e. The van der Waals surface area contributed by atoms with Gasteiger partial charge in [0, 0.05) is 0 Å². The first-order valence-electron chi connectivity index (χ1n) is 5.44. The van der Waals surface area contributed by atoms with Crippen molar-refractivity contribution in [2.75, 3.05) is 12.8 Å². The predicted octanol–water partition coefficient (Wildman–Crippen LogP) is 3.52. The molecule has 0 aromatic heterocycles. The van der Waals surface area contributed by atoms with E-state index in [9.17, 15) is 0 Å². The molecule has 0 spiro atoms. The molecule has 0 unspecified atom stereocenters. The number of hydrogen-bond donors (Lipinski definition) is 1. The Bertz CT molecular complexity index is 343. The maximum atomic E-state index is 5.98. The third kappa shape index (κ3) is 2.44. The van der Waals surface area contributed by atoms with Gasteiger partial charge in [-0.3, -0.25) is 0 Å². The van der Waals surface area contributed by atoms with E-state index < -0.39 is 0 Å². The van der Waals surface area contributed by atoms with Gasteiger partial charge in [0.1, 0.15) is 5.75 Å². The highest BCUT2D eigenvalue weighted by Gasteiger charge is 2.13. The maximum Gasteiger partial charge on any atom is 0.145 e. The zero-order valence-corrected chi connectivity index (χ0v) is 10.3. The van der Waals surface area contributed by atoms with E-state index in [0.29, 0.717) is 11.8 Å². The molecule has 0 atom stereocenters. The van der Waals surface area contributed by atoms with Crippen LogP contribution in [-0.2, 0) is 0 Å². The molecule has 2 N–H and O–H groups in total. The Morgan fingerprint density at radius 3 is 2.07 bits per heavy atom. The summed E-state index contributed by atoms with van der Waals surface area (Å²) in [6.45, 7) is 8.65. The number of rotatable bonds is 3. The van der Waals surface area contributed by atoms with Crippen LogP contribution >= 0.6 is 0 Å². The summed E-state index contributed by atoms with van der Waals surface area (Å²) in [5, 5.41) is 0. The van der Waals surface area contributed by atoms with Crippen LogP contribution in [0.4, 0.5) is 5.69 Å². The van der Waals surface area contributed by atoms with Gasteiger partial charge in [0.25, 0.3) is 0 Å². The maximum absolute atomic E-state index is 5.98. The highest BCUT2D eigenvalue weighted by Crippen LogP contribution is 2.35. The van der Waals surface area contributed by atoms with Gasteiger partial charge in [-0.25, -0.2) is 0 Å². The molecule has 1 aromatic rings. The first-order valence-corrected chi connectivity index (χ1v) is 5.44. The molecule has 0 radical (unpaired) electrons. The number of benzene rings is 1. The van der Waals surface area contributed by atoms with Gasteiger partial charge in [0.05, 0.1) is 12.8 Å². The monoisotopic (exact) mass is 207 g/mol. The fourth-order valence-electron chi connectivity index (χ4n) is 1.70. The van der Waals surface area contributed by atoms with Crippen molar-refractivity contribution in [1.29, 1.82) is 0 Å². The number of nitrogens with two attached hydrogens (primary N) is 1. The van der Waals surface area contributed by atoms with Crippen molar-refractivity contribution in [1.82, 2.24) is 0 Å². The number of methoxy groups -OCH3 is 1. The predicted molar refractivity (Wildman–Crippen MR) is 65.6 cm³/mol. The van der Waals surface area contributed by atoms with Crippen LogP contribution in [0.2, 0.25) is 0 Å². The minimum Gasteiger partial charge on any atom is -0.494 e. The van der Waals surface area contributed by atoms with Gasteiger partial charge in [0.15, 0.2) is 0 Å². The molecule has 0 saturated heterocycles. The first-order chi connectivity index (χ1) is 6.97. The highest BCUT2D eigenvalue weighted by molar-refractivity contribution is 5.60. The summed E-state index contributed by atoms with van der Waals surface area (Å²) in [7, 11) is 1.67. The van der Waals surface area contributed by atoms with E-state index >= 15 is 0 Å². The minimum absolute atomic E-state index is 0.431. The summed E-state index contributed by atoms with van der Waals surface area (Å²) in [5.41, 5.74) is 9.20. The highest BCUT2D eigenvalue weighted by atomic mass is 16.5. The Balaban J connectivity index is 3.32. The van der Waals surface area contributed by atoms with Crippen LogP contribution in [0.15, 0.2) is 12.1 Å². The summed E-state index contributed by atoms with van der Waals surface area (Å²) in [6.07, 6.45) is 0. The van der Waals surface area contributed by atoms with E-state index in [1.807, 2.05) is 6.07 Å². The Kier molecular flexibility index (Phi) is 3.61. The Morgan fingerprint density at radius 1 is 1.07 bits per heavy atom. The van der Waals surface area contributed by atoms with Gasteiger partial charge in [0.2, 0.25) is 0 Å². The van der Waals surface area contributed by atoms with Gasteiger partial charge in [-0.1, -0.05) is 33.8 Å². The summed E-state index contributed by atoms with van der Waals surface area (Å²) in [4.78, 5) is 0. The summed E-state index contributed by atoms with van der Waals surface area (Å²) in [6, 6.07) is 4.21. The zero-order chi connectivity index (χ0) is 11.6. The SMILES string of the molecule is COc1c(N)cc(C(C)C)cc1C(C)C. The van der Waals surface area contributed by atoms with Gasteiger partial charge >= 0.3 is 0 Å². The van der Waals surface area contributed by atoms with Gasteiger partial charge in [-0.15, -0.1) is 0 Å². The molecule has 15 heavy (non-hydrogen) atoms. The van der Waals surface area contributed by atoms with Crippen LogP contribution in [0.25, 0.3) is 0 Å². The lowest BCUT2D eigenvalue weighted by Gasteiger charge is -2.17. The van der Waals surface area contributed by atoms with Crippen LogP contribution in [0.1, 0.15) is 50.7 Å². The molecule has 0 aliphatic heterocycles. The summed E-state index contributed by atoms with van der Waals surface area (Å²) >= 11 is 0. The minimum atomic E-state index is 0.431. The van der Waals surface area contributed by atoms with Crippen molar-refractivity contribution in [2.24, 2.45) is 0 Å². The van der Waals surface area contributed by atoms with E-state index in [1.165, 1.54) is 11.1 Å². The Hall–Kier alpha value is -1.18. The zero-order valence-electron chi connectivity index (χ0n) is 10.3. The van der Waals surface area contributed by atoms with E-state index in [0.717, 1.165) is 11.4 Å². The molecule has 0 aliphatic rings. The number of anilines is 1. The molecule has 84 valence electrons. The van der Waals surface area contributed by atoms with Crippen molar-refractivity contribution < 1.29 is 4.74 Å². The quantitative estimate of drug-likeness (QED) is 0.770. The average Bonchev–Trinajstić information content (AvgIpc) is 2.16. The number of nitrogen functional groups attached to an aromatic ring is 1. The lowest BCUT2D eigenvalue weighted by atomic mass is 9.94. The molecule has 2 heteroatoms. The van der Waals surface area contributed by atoms with Crippen LogP contribution < -0.4 is 10.5 Å². The van der Waals surface area contributed by atoms with Crippen LogP contribution in [0.5, 0.6) is 5.75 Å². The molecular weight excluding hydrogens is 186 g/mol. The second-order valence-electron chi connectivity index (χ2n) is 4.54. The molecule has 0 amide bonds. The fourth-order valence-corrected chi connectivity index (χ4v) is 1.70. The van der Waals surface area contributed by atoms with Gasteiger partial charge < -0.3 is 10.5 Å². The van der Waals surface area contributed by atoms with E-state index in [4.69, 9.17) is 10.5 Å². The van der Waals surface area contributed by atoms with Gasteiger partial charge in [-0.2, -0.15) is 0 Å². The third-order valence-electron chi connectivity index (χ3n) is 2.66. The number of hydrogen-bond acceptors (Lipinski definition) is 2. The smallest absolute Gasteiger partial charge is 0.145 e. The van der Waals surface area contributed by atoms with Crippen molar-refractivity contribution in [2.45, 2.75) is 39.5 Å². The summed E-state index contributed by atoms with van der Waals surface area (Å²) < 4.78 is 5.35. The van der Waals surface area contributed by atoms with E-state index in [1.54, 1.807) is 7.11 Å². The standard InChI is InChI=1S/C13H21NO/c1-8(2)10-6-11(9(3)4)13(15-5)12(14)7-10/h6-9H,14H2,1-5H3. The number of ether oxygens (including phenoxy) is 1. The molecule has 0 bridgehead atoms. The summed E-state index contributed by atoms with van der Waals surface area (Å²) in [5.74, 6) is 1.76. The van der Waals surface area contributed by atoms with Crippen molar-refractivity contribution in [3.05, 3.63) is 23.3 Å². The Morgan fingerprint density at radius 2 is 1.67 bits per heavy atom. The van der Waals surface area contributed by atoms with E-state index in [-0.39, 0.29) is 0 Å². The van der Waals surface area contributed by atoms with Crippen LogP contribution in [-0.4, -0.2) is 7.11 Å². The molecule has 1 aromatic carbocycles. The topological polar surface area (TPSA) is 35.2 Å². The molecule has 1 rings (SSSR count). The van der Waals surface area contributed by atoms with Gasteiger partial charge in [-0.05, 0) is 29.0 Å².